The van der Waals surface area contributed by atoms with Crippen molar-refractivity contribution in [1.29, 1.82) is 0 Å². The molecule has 0 unspecified atom stereocenters. The number of nitrogens with one attached hydrogen (secondary N) is 1. The van der Waals surface area contributed by atoms with Crippen LogP contribution in [0.15, 0.2) is 29.1 Å². The highest BCUT2D eigenvalue weighted by molar-refractivity contribution is 6.35. The molecule has 30 heavy (non-hydrogen) atoms. The van der Waals surface area contributed by atoms with Crippen molar-refractivity contribution >= 4 is 62.4 Å². The van der Waals surface area contributed by atoms with E-state index < -0.39 is 5.97 Å². The third-order valence-electron chi connectivity index (χ3n) is 4.72. The zero-order valence-corrected chi connectivity index (χ0v) is 19.2. The van der Waals surface area contributed by atoms with Crippen LogP contribution in [0.1, 0.15) is 20.8 Å². The molecule has 6 nitrogen and oxygen atoms in total. The maximum atomic E-state index is 13.4. The number of benzene rings is 2. The van der Waals surface area contributed by atoms with Gasteiger partial charge in [-0.1, -0.05) is 23.2 Å². The topological polar surface area (TPSA) is 63.6 Å². The second kappa shape index (κ2) is 8.74. The number of anilines is 2. The highest BCUT2D eigenvalue weighted by Gasteiger charge is 2.21. The predicted octanol–water partition coefficient (Wildman–Crippen LogP) is 4.91. The monoisotopic (exact) mass is 449 g/mol. The Kier molecular flexibility index (Phi) is 6.48. The fourth-order valence-corrected chi connectivity index (χ4v) is 4.13. The van der Waals surface area contributed by atoms with Crippen LogP contribution >= 0.6 is 23.2 Å². The first-order valence-electron chi connectivity index (χ1n) is 9.73. The zero-order chi connectivity index (χ0) is 22.2. The minimum atomic E-state index is -0.401. The summed E-state index contributed by atoms with van der Waals surface area (Å²) in [7, 11) is 3.69. The Hall–Kier alpha value is -2.44. The van der Waals surface area contributed by atoms with E-state index in [4.69, 9.17) is 27.9 Å². The van der Waals surface area contributed by atoms with Gasteiger partial charge in [0.25, 0.3) is 0 Å². The van der Waals surface area contributed by atoms with Gasteiger partial charge in [-0.3, -0.25) is 9.59 Å². The zero-order valence-electron chi connectivity index (χ0n) is 17.7. The number of fused-ring (bicyclic) bond motifs is 2. The molecule has 0 atom stereocenters. The second-order valence-corrected chi connectivity index (χ2v) is 8.37. The van der Waals surface area contributed by atoms with Gasteiger partial charge in [-0.15, -0.1) is 0 Å². The normalized spacial score (nSPS) is 11.3. The van der Waals surface area contributed by atoms with Crippen LogP contribution in [0.4, 0.5) is 11.4 Å². The summed E-state index contributed by atoms with van der Waals surface area (Å²) in [6.07, 6.45) is 0. The minimum absolute atomic E-state index is 0.0644. The summed E-state index contributed by atoms with van der Waals surface area (Å²) in [6, 6.07) is 6.96. The maximum absolute atomic E-state index is 13.4. The molecule has 0 aliphatic rings. The summed E-state index contributed by atoms with van der Waals surface area (Å²) < 4.78 is 6.98. The number of pyridine rings is 1. The molecule has 1 heterocycles. The van der Waals surface area contributed by atoms with Gasteiger partial charge in [0.15, 0.2) is 5.43 Å². The first kappa shape index (κ1) is 22.2. The molecule has 1 N–H and O–H groups in total. The SMILES string of the molecule is CCOC(=O)Cn1c2cc(NC(C)C)c(Cl)cc2c(=O)c2ccc(Cl)c(N(C)C)c21. The number of hydrogen-bond acceptors (Lipinski definition) is 5. The van der Waals surface area contributed by atoms with Crippen LogP contribution in [0, 0.1) is 0 Å². The average Bonchev–Trinajstić information content (AvgIpc) is 2.65. The summed E-state index contributed by atoms with van der Waals surface area (Å²) in [5.41, 5.74) is 2.34. The van der Waals surface area contributed by atoms with Crippen molar-refractivity contribution in [3.05, 3.63) is 44.5 Å². The van der Waals surface area contributed by atoms with Gasteiger partial charge >= 0.3 is 5.97 Å². The van der Waals surface area contributed by atoms with E-state index in [9.17, 15) is 9.59 Å². The number of halogens is 2. The van der Waals surface area contributed by atoms with Crippen LogP contribution in [-0.4, -0.2) is 37.3 Å². The van der Waals surface area contributed by atoms with Crippen molar-refractivity contribution in [3.63, 3.8) is 0 Å². The molecule has 3 aromatic rings. The highest BCUT2D eigenvalue weighted by atomic mass is 35.5. The molecule has 160 valence electrons. The molecule has 0 aliphatic carbocycles. The van der Waals surface area contributed by atoms with E-state index in [1.54, 1.807) is 35.8 Å². The molecular formula is C22H25Cl2N3O3. The van der Waals surface area contributed by atoms with Crippen molar-refractivity contribution in [1.82, 2.24) is 4.57 Å². The van der Waals surface area contributed by atoms with Crippen LogP contribution in [0.2, 0.25) is 10.0 Å². The number of hydrogen-bond donors (Lipinski definition) is 1. The van der Waals surface area contributed by atoms with Crippen molar-refractivity contribution in [2.75, 3.05) is 30.9 Å². The lowest BCUT2D eigenvalue weighted by atomic mass is 10.1. The predicted molar refractivity (Wildman–Crippen MR) is 125 cm³/mol. The summed E-state index contributed by atoms with van der Waals surface area (Å²) >= 11 is 12.9. The van der Waals surface area contributed by atoms with Gasteiger partial charge in [0.05, 0.1) is 39.1 Å². The molecule has 1 aromatic heterocycles. The Morgan fingerprint density at radius 3 is 2.47 bits per heavy atom. The van der Waals surface area contributed by atoms with Crippen molar-refractivity contribution in [3.8, 4) is 0 Å². The van der Waals surface area contributed by atoms with Gasteiger partial charge in [0.1, 0.15) is 6.54 Å². The van der Waals surface area contributed by atoms with Crippen LogP contribution < -0.4 is 15.6 Å². The largest absolute Gasteiger partial charge is 0.465 e. The molecule has 0 saturated heterocycles. The number of carbonyl (C=O) groups excluding carboxylic acids is 1. The molecule has 0 radical (unpaired) electrons. The Balaban J connectivity index is 2.51. The lowest BCUT2D eigenvalue weighted by Gasteiger charge is -2.23. The molecule has 0 saturated carbocycles. The standard InChI is InChI=1S/C22H25Cl2N3O3/c1-6-30-19(28)11-27-18-10-17(25-12(2)3)16(24)9-14(18)22(29)13-7-8-15(23)21(20(13)27)26(4)5/h7-10,12,25H,6,11H2,1-5H3. The fourth-order valence-electron chi connectivity index (χ4n) is 3.59. The first-order chi connectivity index (χ1) is 14.1. The van der Waals surface area contributed by atoms with Crippen LogP contribution in [0.3, 0.4) is 0 Å². The molecule has 3 rings (SSSR count). The quantitative estimate of drug-likeness (QED) is 0.427. The van der Waals surface area contributed by atoms with Crippen LogP contribution in [0.5, 0.6) is 0 Å². The van der Waals surface area contributed by atoms with Gasteiger partial charge in [-0.25, -0.2) is 0 Å². The smallest absolute Gasteiger partial charge is 0.325 e. The Labute approximate surface area is 185 Å². The van der Waals surface area contributed by atoms with Gasteiger partial charge in [0.2, 0.25) is 0 Å². The number of carbonyl (C=O) groups is 1. The molecule has 0 fully saturated rings. The number of nitrogens with zero attached hydrogens (tertiary/aromatic N) is 2. The van der Waals surface area contributed by atoms with E-state index in [0.29, 0.717) is 43.2 Å². The van der Waals surface area contributed by atoms with E-state index in [1.807, 2.05) is 32.8 Å². The molecule has 2 aromatic carbocycles. The van der Waals surface area contributed by atoms with E-state index >= 15 is 0 Å². The molecular weight excluding hydrogens is 425 g/mol. The first-order valence-corrected chi connectivity index (χ1v) is 10.5. The number of ether oxygens (including phenoxy) is 1. The Morgan fingerprint density at radius 1 is 1.17 bits per heavy atom. The molecule has 8 heteroatoms. The van der Waals surface area contributed by atoms with E-state index in [-0.39, 0.29) is 24.6 Å². The summed E-state index contributed by atoms with van der Waals surface area (Å²) in [5.74, 6) is -0.401. The highest BCUT2D eigenvalue weighted by Crippen LogP contribution is 2.36. The third-order valence-corrected chi connectivity index (χ3v) is 5.34. The van der Waals surface area contributed by atoms with Crippen molar-refractivity contribution in [2.45, 2.75) is 33.4 Å². The van der Waals surface area contributed by atoms with Crippen molar-refractivity contribution in [2.24, 2.45) is 0 Å². The summed E-state index contributed by atoms with van der Waals surface area (Å²) in [6.45, 7) is 5.95. The van der Waals surface area contributed by atoms with Crippen LogP contribution in [-0.2, 0) is 16.1 Å². The Morgan fingerprint density at radius 2 is 1.87 bits per heavy atom. The molecule has 0 aliphatic heterocycles. The number of esters is 1. The second-order valence-electron chi connectivity index (χ2n) is 7.56. The van der Waals surface area contributed by atoms with Gasteiger partial charge in [-0.05, 0) is 45.0 Å². The maximum Gasteiger partial charge on any atom is 0.325 e. The van der Waals surface area contributed by atoms with Gasteiger partial charge in [0, 0.05) is 30.9 Å². The van der Waals surface area contributed by atoms with Gasteiger partial charge in [-0.2, -0.15) is 0 Å². The van der Waals surface area contributed by atoms with Gasteiger partial charge < -0.3 is 19.5 Å². The lowest BCUT2D eigenvalue weighted by molar-refractivity contribution is -0.143. The lowest BCUT2D eigenvalue weighted by Crippen LogP contribution is -2.21. The van der Waals surface area contributed by atoms with Crippen LogP contribution in [0.25, 0.3) is 21.8 Å². The Bertz CT molecular complexity index is 1190. The van der Waals surface area contributed by atoms with E-state index in [0.717, 1.165) is 0 Å². The number of aromatic nitrogens is 1. The molecule has 0 bridgehead atoms. The minimum Gasteiger partial charge on any atom is -0.465 e. The third kappa shape index (κ3) is 4.07. The van der Waals surface area contributed by atoms with Crippen molar-refractivity contribution < 1.29 is 9.53 Å². The summed E-state index contributed by atoms with van der Waals surface area (Å²) in [4.78, 5) is 27.7. The van der Waals surface area contributed by atoms with E-state index in [2.05, 4.69) is 5.32 Å². The molecule has 0 spiro atoms. The fraction of sp³-hybridized carbons (Fsp3) is 0.364. The van der Waals surface area contributed by atoms with E-state index in [1.165, 1.54) is 0 Å². The molecule has 0 amide bonds. The summed E-state index contributed by atoms with van der Waals surface area (Å²) in [5, 5.41) is 5.10. The average molecular weight is 450 g/mol. The number of rotatable bonds is 6.